The van der Waals surface area contributed by atoms with E-state index in [1.54, 1.807) is 11.0 Å². The zero-order valence-electron chi connectivity index (χ0n) is 22.1. The van der Waals surface area contributed by atoms with E-state index >= 15 is 4.39 Å². The number of halogens is 3. The van der Waals surface area contributed by atoms with Crippen LogP contribution in [0.15, 0.2) is 24.5 Å². The summed E-state index contributed by atoms with van der Waals surface area (Å²) >= 11 is 8.96. The van der Waals surface area contributed by atoms with Crippen LogP contribution in [0.3, 0.4) is 0 Å². The first kappa shape index (κ1) is 26.9. The highest BCUT2D eigenvalue weighted by Gasteiger charge is 2.36. The minimum absolute atomic E-state index is 0.0955. The highest BCUT2D eigenvalue weighted by Crippen LogP contribution is 2.43. The van der Waals surface area contributed by atoms with Gasteiger partial charge in [0.05, 0.1) is 10.5 Å². The van der Waals surface area contributed by atoms with Gasteiger partial charge in [0.2, 0.25) is 0 Å². The summed E-state index contributed by atoms with van der Waals surface area (Å²) in [6.45, 7) is 12.4. The quantitative estimate of drug-likeness (QED) is 0.243. The summed E-state index contributed by atoms with van der Waals surface area (Å²) in [5.74, 6) is 0.0789. The number of hydrogen-bond donors (Lipinski definition) is 1. The molecule has 1 aliphatic rings. The van der Waals surface area contributed by atoms with Gasteiger partial charge in [-0.05, 0) is 81.8 Å². The smallest absolute Gasteiger partial charge is 0.410 e. The number of amides is 1. The summed E-state index contributed by atoms with van der Waals surface area (Å²) in [4.78, 5) is 25.5. The van der Waals surface area contributed by atoms with Crippen molar-refractivity contribution in [2.45, 2.75) is 59.2 Å². The minimum Gasteiger partial charge on any atom is -0.444 e. The third-order valence-corrected chi connectivity index (χ3v) is 7.91. The molecule has 2 aromatic heterocycles. The molecule has 1 aliphatic heterocycles. The van der Waals surface area contributed by atoms with Crippen LogP contribution in [0.5, 0.6) is 0 Å². The molecule has 11 heteroatoms. The Hall–Kier alpha value is -2.73. The Balaban J connectivity index is 1.58. The molecule has 2 aromatic carbocycles. The number of carbonyl (C=O) groups excluding carboxylic acids is 1. The van der Waals surface area contributed by atoms with Gasteiger partial charge >= 0.3 is 6.09 Å². The second-order valence-corrected chi connectivity index (χ2v) is 12.2. The zero-order valence-corrected chi connectivity index (χ0v) is 25.0. The molecule has 38 heavy (non-hydrogen) atoms. The summed E-state index contributed by atoms with van der Waals surface area (Å²) < 4.78 is 22.7. The third-order valence-electron chi connectivity index (χ3n) is 6.83. The summed E-state index contributed by atoms with van der Waals surface area (Å²) in [7, 11) is 0. The van der Waals surface area contributed by atoms with Crippen molar-refractivity contribution in [1.29, 1.82) is 0 Å². The molecule has 8 nitrogen and oxygen atoms in total. The van der Waals surface area contributed by atoms with Gasteiger partial charge in [-0.1, -0.05) is 17.7 Å². The molecule has 1 amide bonds. The fourth-order valence-electron chi connectivity index (χ4n) is 5.07. The van der Waals surface area contributed by atoms with E-state index in [9.17, 15) is 4.79 Å². The van der Waals surface area contributed by atoms with Crippen LogP contribution in [0.2, 0.25) is 5.02 Å². The number of fused-ring (bicyclic) bond motifs is 2. The fourth-order valence-corrected chi connectivity index (χ4v) is 6.04. The number of aromatic nitrogens is 4. The van der Waals surface area contributed by atoms with Gasteiger partial charge in [0, 0.05) is 47.1 Å². The van der Waals surface area contributed by atoms with Crippen molar-refractivity contribution in [1.82, 2.24) is 25.1 Å². The van der Waals surface area contributed by atoms with Crippen molar-refractivity contribution in [3.05, 3.63) is 44.6 Å². The number of anilines is 1. The molecule has 5 rings (SSSR count). The molecule has 200 valence electrons. The number of benzene rings is 2. The van der Waals surface area contributed by atoms with Gasteiger partial charge < -0.3 is 14.5 Å². The Morgan fingerprint density at radius 2 is 1.92 bits per heavy atom. The van der Waals surface area contributed by atoms with Crippen LogP contribution in [0.1, 0.15) is 40.2 Å². The number of aromatic amines is 1. The predicted octanol–water partition coefficient (Wildman–Crippen LogP) is 6.71. The minimum atomic E-state index is -0.580. The lowest BCUT2D eigenvalue weighted by atomic mass is 9.95. The number of nitrogens with one attached hydrogen (secondary N) is 1. The number of H-pyrrole nitrogens is 1. The van der Waals surface area contributed by atoms with Gasteiger partial charge in [-0.2, -0.15) is 5.10 Å². The van der Waals surface area contributed by atoms with Gasteiger partial charge in [-0.15, -0.1) is 0 Å². The lowest BCUT2D eigenvalue weighted by Gasteiger charge is -2.44. The Labute approximate surface area is 239 Å². The maximum Gasteiger partial charge on any atom is 0.410 e. The summed E-state index contributed by atoms with van der Waals surface area (Å²) in [6, 6.07) is 5.35. The Bertz CT molecular complexity index is 1570. The van der Waals surface area contributed by atoms with Crippen LogP contribution in [0.4, 0.5) is 15.0 Å². The first-order valence-electron chi connectivity index (χ1n) is 12.4. The molecule has 1 N–H and O–H groups in total. The summed E-state index contributed by atoms with van der Waals surface area (Å²) in [5, 5.41) is 8.91. The highest BCUT2D eigenvalue weighted by atomic mass is 127. The van der Waals surface area contributed by atoms with E-state index in [4.69, 9.17) is 16.3 Å². The van der Waals surface area contributed by atoms with Crippen LogP contribution >= 0.6 is 34.2 Å². The Kier molecular flexibility index (Phi) is 6.91. The van der Waals surface area contributed by atoms with E-state index in [1.807, 2.05) is 53.7 Å². The standard InChI is InChI=1S/C27H29ClFIN6O2/c1-13-7-8-18-21(24(30)34-33-18)19(13)20-17(28)9-16-23(22(20)29)31-12-32-25(16)35-10-15(3)36(11-14(35)2)26(37)38-27(4,5)6/h7-9,12,14-15H,10-11H2,1-6H3,(H,33,34)/t14-,15+/m0/s1. The number of nitrogens with zero attached hydrogens (tertiary/aromatic N) is 5. The molecule has 1 fully saturated rings. The molecular formula is C27H29ClFIN6O2. The van der Waals surface area contributed by atoms with Crippen LogP contribution < -0.4 is 4.90 Å². The molecule has 0 saturated carbocycles. The average molecular weight is 651 g/mol. The monoisotopic (exact) mass is 650 g/mol. The summed E-state index contributed by atoms with van der Waals surface area (Å²) in [6.07, 6.45) is 1.03. The van der Waals surface area contributed by atoms with Crippen molar-refractivity contribution < 1.29 is 13.9 Å². The van der Waals surface area contributed by atoms with E-state index in [1.165, 1.54) is 6.33 Å². The predicted molar refractivity (Wildman–Crippen MR) is 156 cm³/mol. The van der Waals surface area contributed by atoms with E-state index in [-0.39, 0.29) is 28.7 Å². The maximum absolute atomic E-state index is 16.3. The SMILES string of the molecule is Cc1ccc2[nH]nc(I)c2c1-c1c(Cl)cc2c(N3C[C@@H](C)N(C(=O)OC(C)(C)C)C[C@@H]3C)ncnc2c1F. The molecule has 0 spiro atoms. The van der Waals surface area contributed by atoms with Crippen molar-refractivity contribution in [2.75, 3.05) is 18.0 Å². The molecule has 1 saturated heterocycles. The second-order valence-electron chi connectivity index (χ2n) is 10.8. The zero-order chi connectivity index (χ0) is 27.5. The van der Waals surface area contributed by atoms with Crippen molar-refractivity contribution >= 4 is 67.9 Å². The van der Waals surface area contributed by atoms with Gasteiger partial charge in [0.1, 0.15) is 27.0 Å². The average Bonchev–Trinajstić information content (AvgIpc) is 3.21. The molecule has 3 heterocycles. The molecular weight excluding hydrogens is 622 g/mol. The molecule has 0 radical (unpaired) electrons. The number of hydrogen-bond acceptors (Lipinski definition) is 6. The first-order chi connectivity index (χ1) is 17.9. The maximum atomic E-state index is 16.3. The number of rotatable bonds is 2. The summed E-state index contributed by atoms with van der Waals surface area (Å²) in [5.41, 5.74) is 2.29. The number of ether oxygens (including phenoxy) is 1. The lowest BCUT2D eigenvalue weighted by Crippen LogP contribution is -2.59. The highest BCUT2D eigenvalue weighted by molar-refractivity contribution is 14.1. The third kappa shape index (κ3) is 4.66. The van der Waals surface area contributed by atoms with Gasteiger partial charge in [0.25, 0.3) is 0 Å². The topological polar surface area (TPSA) is 87.2 Å². The van der Waals surface area contributed by atoms with E-state index in [0.717, 1.165) is 20.2 Å². The molecule has 0 bridgehead atoms. The number of aryl methyl sites for hydroxylation is 1. The molecule has 0 unspecified atom stereocenters. The second kappa shape index (κ2) is 9.78. The van der Waals surface area contributed by atoms with E-state index < -0.39 is 11.4 Å². The van der Waals surface area contributed by atoms with Crippen molar-refractivity contribution in [2.24, 2.45) is 0 Å². The van der Waals surface area contributed by atoms with Gasteiger partial charge in [0.15, 0.2) is 5.82 Å². The van der Waals surface area contributed by atoms with Crippen molar-refractivity contribution in [3.63, 3.8) is 0 Å². The van der Waals surface area contributed by atoms with Gasteiger partial charge in [-0.25, -0.2) is 19.2 Å². The largest absolute Gasteiger partial charge is 0.444 e. The van der Waals surface area contributed by atoms with Crippen molar-refractivity contribution in [3.8, 4) is 11.1 Å². The fraction of sp³-hybridized carbons (Fsp3) is 0.407. The van der Waals surface area contributed by atoms with E-state index in [2.05, 4.69) is 47.7 Å². The Morgan fingerprint density at radius 3 is 2.63 bits per heavy atom. The van der Waals surface area contributed by atoms with Crippen LogP contribution in [-0.2, 0) is 4.74 Å². The molecule has 4 aromatic rings. The normalized spacial score (nSPS) is 18.4. The van der Waals surface area contributed by atoms with Crippen LogP contribution in [0, 0.1) is 16.4 Å². The van der Waals surface area contributed by atoms with E-state index in [0.29, 0.717) is 35.4 Å². The number of piperazine rings is 1. The lowest BCUT2D eigenvalue weighted by molar-refractivity contribution is 0.0130. The molecule has 2 atom stereocenters. The number of carbonyl (C=O) groups is 1. The molecule has 0 aliphatic carbocycles. The van der Waals surface area contributed by atoms with Crippen LogP contribution in [0.25, 0.3) is 32.9 Å². The van der Waals surface area contributed by atoms with Crippen LogP contribution in [-0.4, -0.2) is 61.9 Å². The first-order valence-corrected chi connectivity index (χ1v) is 13.9. The van der Waals surface area contributed by atoms with Gasteiger partial charge in [-0.3, -0.25) is 5.10 Å². The Morgan fingerprint density at radius 1 is 1.18 bits per heavy atom.